The van der Waals surface area contributed by atoms with Crippen LogP contribution < -0.4 is 0 Å². The van der Waals surface area contributed by atoms with Gasteiger partial charge in [0.2, 0.25) is 0 Å². The van der Waals surface area contributed by atoms with Gasteiger partial charge in [-0.1, -0.05) is 5.21 Å². The van der Waals surface area contributed by atoms with E-state index < -0.39 is 5.60 Å². The van der Waals surface area contributed by atoms with Crippen molar-refractivity contribution in [3.8, 4) is 0 Å². The predicted octanol–water partition coefficient (Wildman–Crippen LogP) is 2.60. The number of hydrogen-bond acceptors (Lipinski definition) is 6. The molecule has 3 rings (SSSR count). The molecular formula is C17H25N5O2S. The Morgan fingerprint density at radius 3 is 2.76 bits per heavy atom. The fourth-order valence-corrected chi connectivity index (χ4v) is 3.64. The van der Waals surface area contributed by atoms with Gasteiger partial charge >= 0.3 is 6.09 Å². The molecule has 0 unspecified atom stereocenters. The van der Waals surface area contributed by atoms with Crippen molar-refractivity contribution in [1.82, 2.24) is 25.2 Å². The van der Waals surface area contributed by atoms with Crippen LogP contribution in [0.3, 0.4) is 0 Å². The van der Waals surface area contributed by atoms with E-state index in [1.54, 1.807) is 4.90 Å². The van der Waals surface area contributed by atoms with Crippen LogP contribution in [0.4, 0.5) is 4.79 Å². The van der Waals surface area contributed by atoms with Gasteiger partial charge in [0.15, 0.2) is 0 Å². The second-order valence-corrected chi connectivity index (χ2v) is 8.32. The van der Waals surface area contributed by atoms with Crippen LogP contribution in [0.5, 0.6) is 0 Å². The Morgan fingerprint density at radius 2 is 2.04 bits per heavy atom. The lowest BCUT2D eigenvalue weighted by atomic mass is 10.2. The number of H-pyrrole nitrogens is 1. The van der Waals surface area contributed by atoms with E-state index in [4.69, 9.17) is 4.74 Å². The van der Waals surface area contributed by atoms with Crippen molar-refractivity contribution in [2.45, 2.75) is 31.3 Å². The minimum Gasteiger partial charge on any atom is -0.444 e. The number of hydrogen-bond donors (Lipinski definition) is 1. The zero-order valence-corrected chi connectivity index (χ0v) is 15.8. The topological polar surface area (TPSA) is 74.3 Å². The number of thioether (sulfide) groups is 1. The van der Waals surface area contributed by atoms with E-state index in [9.17, 15) is 4.79 Å². The first-order chi connectivity index (χ1) is 11.9. The molecule has 0 aliphatic carbocycles. The van der Waals surface area contributed by atoms with Crippen LogP contribution in [-0.2, 0) is 4.74 Å². The first-order valence-corrected chi connectivity index (χ1v) is 9.53. The van der Waals surface area contributed by atoms with E-state index in [1.807, 2.05) is 38.6 Å². The lowest BCUT2D eigenvalue weighted by molar-refractivity contribution is 0.0150. The van der Waals surface area contributed by atoms with Gasteiger partial charge in [0, 0.05) is 43.4 Å². The molecule has 0 radical (unpaired) electrons. The van der Waals surface area contributed by atoms with Crippen molar-refractivity contribution in [2.75, 3.05) is 38.5 Å². The highest BCUT2D eigenvalue weighted by molar-refractivity contribution is 7.99. The zero-order valence-electron chi connectivity index (χ0n) is 15.0. The molecular weight excluding hydrogens is 338 g/mol. The van der Waals surface area contributed by atoms with Gasteiger partial charge in [-0.05, 0) is 39.0 Å². The van der Waals surface area contributed by atoms with Crippen LogP contribution in [0.1, 0.15) is 20.8 Å². The number of aromatic nitrogens is 3. The van der Waals surface area contributed by atoms with E-state index in [-0.39, 0.29) is 6.09 Å². The lowest BCUT2D eigenvalue weighted by Gasteiger charge is -2.35. The van der Waals surface area contributed by atoms with Crippen molar-refractivity contribution >= 4 is 28.9 Å². The van der Waals surface area contributed by atoms with Crippen molar-refractivity contribution in [3.05, 3.63) is 18.2 Å². The largest absolute Gasteiger partial charge is 0.444 e. The van der Waals surface area contributed by atoms with E-state index in [0.29, 0.717) is 0 Å². The van der Waals surface area contributed by atoms with Gasteiger partial charge in [0.1, 0.15) is 11.1 Å². The van der Waals surface area contributed by atoms with Crippen LogP contribution in [0.25, 0.3) is 11.0 Å². The Hall–Kier alpha value is -1.80. The number of amides is 1. The fourth-order valence-electron chi connectivity index (χ4n) is 2.69. The molecule has 1 saturated heterocycles. The molecule has 2 aromatic rings. The molecule has 1 aromatic heterocycles. The summed E-state index contributed by atoms with van der Waals surface area (Å²) in [7, 11) is 0. The molecule has 1 aliphatic heterocycles. The Balaban J connectivity index is 1.39. The molecule has 0 bridgehead atoms. The smallest absolute Gasteiger partial charge is 0.410 e. The van der Waals surface area contributed by atoms with Gasteiger partial charge in [0.25, 0.3) is 0 Å². The highest BCUT2D eigenvalue weighted by Gasteiger charge is 2.25. The molecule has 7 nitrogen and oxygen atoms in total. The van der Waals surface area contributed by atoms with Crippen LogP contribution in [0.2, 0.25) is 0 Å². The quantitative estimate of drug-likeness (QED) is 0.842. The Kier molecular flexibility index (Phi) is 5.48. The molecule has 0 atom stereocenters. The van der Waals surface area contributed by atoms with Crippen LogP contribution in [0.15, 0.2) is 23.1 Å². The average molecular weight is 363 g/mol. The van der Waals surface area contributed by atoms with E-state index >= 15 is 0 Å². The summed E-state index contributed by atoms with van der Waals surface area (Å²) in [5.41, 5.74) is 1.43. The van der Waals surface area contributed by atoms with Crippen LogP contribution >= 0.6 is 11.8 Å². The van der Waals surface area contributed by atoms with Gasteiger partial charge in [0.05, 0.1) is 5.52 Å². The number of piperazine rings is 1. The fraction of sp³-hybridized carbons (Fsp3) is 0.588. The maximum absolute atomic E-state index is 12.1. The molecule has 1 aliphatic rings. The third kappa shape index (κ3) is 5.09. The van der Waals surface area contributed by atoms with Gasteiger partial charge in [-0.25, -0.2) is 4.79 Å². The van der Waals surface area contributed by atoms with Gasteiger partial charge < -0.3 is 9.64 Å². The summed E-state index contributed by atoms with van der Waals surface area (Å²) < 4.78 is 5.43. The van der Waals surface area contributed by atoms with Gasteiger partial charge in [-0.2, -0.15) is 0 Å². The second kappa shape index (κ2) is 7.61. The van der Waals surface area contributed by atoms with Crippen molar-refractivity contribution in [2.24, 2.45) is 0 Å². The van der Waals surface area contributed by atoms with Gasteiger partial charge in [-0.3, -0.25) is 10.00 Å². The van der Waals surface area contributed by atoms with Crippen LogP contribution in [-0.4, -0.2) is 75.4 Å². The van der Waals surface area contributed by atoms with E-state index in [2.05, 4.69) is 32.4 Å². The number of rotatable bonds is 4. The highest BCUT2D eigenvalue weighted by Crippen LogP contribution is 2.21. The summed E-state index contributed by atoms with van der Waals surface area (Å²) in [6, 6.07) is 6.15. The number of nitrogens with zero attached hydrogens (tertiary/aromatic N) is 4. The van der Waals surface area contributed by atoms with Crippen molar-refractivity contribution in [3.63, 3.8) is 0 Å². The summed E-state index contributed by atoms with van der Waals surface area (Å²) in [5.74, 6) is 1.01. The first kappa shape index (κ1) is 18.0. The SMILES string of the molecule is CC(C)(C)OC(=O)N1CCN(CCSc2ccc3nn[nH]c3c2)CC1. The number of benzene rings is 1. The van der Waals surface area contributed by atoms with Gasteiger partial charge in [-0.15, -0.1) is 16.9 Å². The minimum absolute atomic E-state index is 0.206. The highest BCUT2D eigenvalue weighted by atomic mass is 32.2. The third-order valence-corrected chi connectivity index (χ3v) is 4.97. The van der Waals surface area contributed by atoms with E-state index in [0.717, 1.165) is 49.5 Å². The number of ether oxygens (including phenoxy) is 1. The molecule has 1 aromatic carbocycles. The number of nitrogens with one attached hydrogen (secondary N) is 1. The molecule has 0 saturated carbocycles. The second-order valence-electron chi connectivity index (χ2n) is 7.15. The molecule has 2 heterocycles. The summed E-state index contributed by atoms with van der Waals surface area (Å²) in [5, 5.41) is 10.7. The molecule has 1 fully saturated rings. The molecule has 25 heavy (non-hydrogen) atoms. The summed E-state index contributed by atoms with van der Waals surface area (Å²) in [6.07, 6.45) is -0.206. The Morgan fingerprint density at radius 1 is 1.28 bits per heavy atom. The lowest BCUT2D eigenvalue weighted by Crippen LogP contribution is -2.50. The molecule has 0 spiro atoms. The Bertz CT molecular complexity index is 719. The van der Waals surface area contributed by atoms with Crippen molar-refractivity contribution < 1.29 is 9.53 Å². The normalized spacial score (nSPS) is 16.4. The Labute approximate surface area is 152 Å². The zero-order chi connectivity index (χ0) is 17.9. The maximum Gasteiger partial charge on any atom is 0.410 e. The molecule has 8 heteroatoms. The summed E-state index contributed by atoms with van der Waals surface area (Å²) in [4.78, 5) is 17.5. The average Bonchev–Trinajstić information content (AvgIpc) is 3.01. The van der Waals surface area contributed by atoms with Crippen LogP contribution in [0, 0.1) is 0 Å². The first-order valence-electron chi connectivity index (χ1n) is 8.55. The predicted molar refractivity (Wildman–Crippen MR) is 98.9 cm³/mol. The minimum atomic E-state index is -0.434. The molecule has 1 N–H and O–H groups in total. The number of carbonyl (C=O) groups excluding carboxylic acids is 1. The standard InChI is InChI=1S/C17H25N5O2S/c1-17(2,3)24-16(23)22-8-6-21(7-9-22)10-11-25-13-4-5-14-15(12-13)19-20-18-14/h4-5,12H,6-11H2,1-3H3,(H,18,19,20). The monoisotopic (exact) mass is 363 g/mol. The third-order valence-electron chi connectivity index (χ3n) is 4.00. The van der Waals surface area contributed by atoms with Crippen molar-refractivity contribution in [1.29, 1.82) is 0 Å². The number of fused-ring (bicyclic) bond motifs is 1. The molecule has 136 valence electrons. The summed E-state index contributed by atoms with van der Waals surface area (Å²) >= 11 is 1.82. The van der Waals surface area contributed by atoms with E-state index in [1.165, 1.54) is 4.90 Å². The molecule has 1 amide bonds. The number of aromatic amines is 1. The summed E-state index contributed by atoms with van der Waals surface area (Å²) in [6.45, 7) is 9.94. The number of carbonyl (C=O) groups is 1. The maximum atomic E-state index is 12.1.